The van der Waals surface area contributed by atoms with E-state index in [-0.39, 0.29) is 5.92 Å². The van der Waals surface area contributed by atoms with Crippen LogP contribution in [-0.2, 0) is 11.3 Å². The van der Waals surface area contributed by atoms with Crippen LogP contribution in [0.1, 0.15) is 55.2 Å². The molecule has 2 aromatic carbocycles. The van der Waals surface area contributed by atoms with Gasteiger partial charge in [0.05, 0.1) is 0 Å². The lowest BCUT2D eigenvalue weighted by molar-refractivity contribution is -0.132. The quantitative estimate of drug-likeness (QED) is 0.578. The summed E-state index contributed by atoms with van der Waals surface area (Å²) in [6, 6.07) is 17.3. The van der Waals surface area contributed by atoms with Gasteiger partial charge < -0.3 is 9.47 Å². The third kappa shape index (κ3) is 3.71. The fraction of sp³-hybridized carbons (Fsp3) is 0.400. The molecule has 0 spiro atoms. The number of hydrogen-bond donors (Lipinski definition) is 0. The topological polar surface area (TPSA) is 25.2 Å². The molecular weight excluding hydrogens is 344 g/mol. The summed E-state index contributed by atoms with van der Waals surface area (Å²) in [6.45, 7) is 7.05. The number of fused-ring (bicyclic) bond motifs is 1. The molecule has 1 aliphatic heterocycles. The third-order valence-electron chi connectivity index (χ3n) is 6.10. The van der Waals surface area contributed by atoms with Crippen LogP contribution >= 0.6 is 0 Å². The Hall–Kier alpha value is -2.55. The van der Waals surface area contributed by atoms with Crippen molar-refractivity contribution in [1.29, 1.82) is 0 Å². The fourth-order valence-electron chi connectivity index (χ4n) is 4.47. The summed E-state index contributed by atoms with van der Waals surface area (Å²) in [5.41, 5.74) is 5.00. The van der Waals surface area contributed by atoms with Gasteiger partial charge in [-0.15, -0.1) is 0 Å². The molecule has 1 aliphatic rings. The highest BCUT2D eigenvalue weighted by Crippen LogP contribution is 2.35. The van der Waals surface area contributed by atoms with E-state index in [0.717, 1.165) is 32.5 Å². The minimum atomic E-state index is 0.0905. The molecule has 28 heavy (non-hydrogen) atoms. The van der Waals surface area contributed by atoms with Crippen molar-refractivity contribution in [2.75, 3.05) is 13.1 Å². The molecule has 0 N–H and O–H groups in total. The van der Waals surface area contributed by atoms with Crippen molar-refractivity contribution in [3.8, 4) is 0 Å². The van der Waals surface area contributed by atoms with E-state index >= 15 is 0 Å². The zero-order chi connectivity index (χ0) is 19.5. The summed E-state index contributed by atoms with van der Waals surface area (Å²) in [4.78, 5) is 15.2. The standard InChI is InChI=1S/C25H30N2O/c1-3-26-18-23(21-9-5-6-10-24(21)26)22(20-13-11-19(2)12-14-20)17-25(28)27-15-7-4-8-16-27/h5-6,9-14,18,22H,3-4,7-8,15-17H2,1-2H3/t22-/m0/s1. The number of amides is 1. The van der Waals surface area contributed by atoms with Gasteiger partial charge in [-0.05, 0) is 50.3 Å². The van der Waals surface area contributed by atoms with E-state index in [0.29, 0.717) is 12.3 Å². The van der Waals surface area contributed by atoms with Crippen molar-refractivity contribution < 1.29 is 4.79 Å². The monoisotopic (exact) mass is 374 g/mol. The second kappa shape index (κ2) is 8.22. The molecule has 0 radical (unpaired) electrons. The summed E-state index contributed by atoms with van der Waals surface area (Å²) < 4.78 is 2.30. The first-order chi connectivity index (χ1) is 13.7. The maximum Gasteiger partial charge on any atom is 0.223 e. The number of rotatable bonds is 5. The third-order valence-corrected chi connectivity index (χ3v) is 6.10. The van der Waals surface area contributed by atoms with Crippen LogP contribution in [0.25, 0.3) is 10.9 Å². The zero-order valence-electron chi connectivity index (χ0n) is 17.0. The number of para-hydroxylation sites is 1. The van der Waals surface area contributed by atoms with Gasteiger partial charge in [0.1, 0.15) is 0 Å². The number of carbonyl (C=O) groups excluding carboxylic acids is 1. The smallest absolute Gasteiger partial charge is 0.223 e. The van der Waals surface area contributed by atoms with Crippen LogP contribution in [0.2, 0.25) is 0 Å². The highest BCUT2D eigenvalue weighted by molar-refractivity contribution is 5.86. The second-order valence-corrected chi connectivity index (χ2v) is 8.00. The van der Waals surface area contributed by atoms with Crippen molar-refractivity contribution in [2.45, 2.75) is 52.0 Å². The Bertz CT molecular complexity index is 948. The summed E-state index contributed by atoms with van der Waals surface area (Å²) in [7, 11) is 0. The molecule has 3 nitrogen and oxygen atoms in total. The van der Waals surface area contributed by atoms with Crippen LogP contribution in [0.4, 0.5) is 0 Å². The molecule has 1 fully saturated rings. The molecule has 4 rings (SSSR count). The van der Waals surface area contributed by atoms with Gasteiger partial charge in [-0.3, -0.25) is 4.79 Å². The van der Waals surface area contributed by atoms with Gasteiger partial charge in [0, 0.05) is 49.1 Å². The van der Waals surface area contributed by atoms with Gasteiger partial charge in [0.15, 0.2) is 0 Å². The van der Waals surface area contributed by atoms with Crippen molar-refractivity contribution in [1.82, 2.24) is 9.47 Å². The van der Waals surface area contributed by atoms with E-state index in [1.807, 2.05) is 0 Å². The number of aryl methyl sites for hydroxylation is 2. The maximum absolute atomic E-state index is 13.2. The number of aromatic nitrogens is 1. The Morgan fingerprint density at radius 3 is 2.43 bits per heavy atom. The highest BCUT2D eigenvalue weighted by Gasteiger charge is 2.25. The first-order valence-electron chi connectivity index (χ1n) is 10.6. The Morgan fingerprint density at radius 1 is 1.00 bits per heavy atom. The normalized spacial score (nSPS) is 15.7. The largest absolute Gasteiger partial charge is 0.347 e. The number of piperidine rings is 1. The van der Waals surface area contributed by atoms with E-state index in [9.17, 15) is 4.79 Å². The van der Waals surface area contributed by atoms with Crippen LogP contribution < -0.4 is 0 Å². The molecule has 3 aromatic rings. The van der Waals surface area contributed by atoms with Crippen LogP contribution in [0, 0.1) is 6.92 Å². The lowest BCUT2D eigenvalue weighted by Crippen LogP contribution is -2.36. The maximum atomic E-state index is 13.2. The molecule has 0 unspecified atom stereocenters. The lowest BCUT2D eigenvalue weighted by Gasteiger charge is -2.28. The molecule has 2 heterocycles. The van der Waals surface area contributed by atoms with Crippen molar-refractivity contribution in [3.05, 3.63) is 71.4 Å². The van der Waals surface area contributed by atoms with Crippen LogP contribution in [0.15, 0.2) is 54.7 Å². The Labute approximate surface area is 168 Å². The minimum absolute atomic E-state index is 0.0905. The average Bonchev–Trinajstić information content (AvgIpc) is 3.12. The van der Waals surface area contributed by atoms with Crippen LogP contribution in [0.3, 0.4) is 0 Å². The second-order valence-electron chi connectivity index (χ2n) is 8.00. The average molecular weight is 375 g/mol. The number of likely N-dealkylation sites (tertiary alicyclic amines) is 1. The molecule has 1 saturated heterocycles. The van der Waals surface area contributed by atoms with Crippen LogP contribution in [-0.4, -0.2) is 28.5 Å². The first kappa shape index (κ1) is 18.8. The molecule has 1 aromatic heterocycles. The van der Waals surface area contributed by atoms with Gasteiger partial charge >= 0.3 is 0 Å². The Kier molecular flexibility index (Phi) is 5.52. The van der Waals surface area contributed by atoms with Crippen molar-refractivity contribution in [3.63, 3.8) is 0 Å². The predicted octanol–water partition coefficient (Wildman–Crippen LogP) is 5.50. The highest BCUT2D eigenvalue weighted by atomic mass is 16.2. The summed E-state index contributed by atoms with van der Waals surface area (Å²) in [5.74, 6) is 0.381. The Morgan fingerprint density at radius 2 is 1.71 bits per heavy atom. The van der Waals surface area contributed by atoms with E-state index in [2.05, 4.69) is 78.0 Å². The number of benzene rings is 2. The molecule has 146 valence electrons. The molecule has 3 heteroatoms. The number of hydrogen-bond acceptors (Lipinski definition) is 1. The van der Waals surface area contributed by atoms with Gasteiger partial charge in [-0.2, -0.15) is 0 Å². The van der Waals surface area contributed by atoms with Crippen molar-refractivity contribution in [2.24, 2.45) is 0 Å². The van der Waals surface area contributed by atoms with Gasteiger partial charge in [0.25, 0.3) is 0 Å². The Balaban J connectivity index is 1.75. The number of carbonyl (C=O) groups is 1. The fourth-order valence-corrected chi connectivity index (χ4v) is 4.47. The molecule has 0 aliphatic carbocycles. The molecule has 1 amide bonds. The minimum Gasteiger partial charge on any atom is -0.347 e. The SMILES string of the molecule is CCn1cc([C@@H](CC(=O)N2CCCCC2)c2ccc(C)cc2)c2ccccc21. The van der Waals surface area contributed by atoms with Gasteiger partial charge in [-0.25, -0.2) is 0 Å². The summed E-state index contributed by atoms with van der Waals surface area (Å²) >= 11 is 0. The summed E-state index contributed by atoms with van der Waals surface area (Å²) in [5, 5.41) is 1.27. The van der Waals surface area contributed by atoms with Crippen LogP contribution in [0.5, 0.6) is 0 Å². The van der Waals surface area contributed by atoms with E-state index < -0.39 is 0 Å². The summed E-state index contributed by atoms with van der Waals surface area (Å²) in [6.07, 6.45) is 6.32. The molecule has 0 saturated carbocycles. The van der Waals surface area contributed by atoms with Crippen molar-refractivity contribution >= 4 is 16.8 Å². The zero-order valence-corrected chi connectivity index (χ0v) is 17.0. The first-order valence-corrected chi connectivity index (χ1v) is 10.6. The molecular formula is C25H30N2O. The molecule has 0 bridgehead atoms. The number of nitrogens with zero attached hydrogens (tertiary/aromatic N) is 2. The van der Waals surface area contributed by atoms with E-state index in [1.165, 1.54) is 34.0 Å². The van der Waals surface area contributed by atoms with Gasteiger partial charge in [0.2, 0.25) is 5.91 Å². The van der Waals surface area contributed by atoms with E-state index in [1.54, 1.807) is 0 Å². The predicted molar refractivity (Wildman–Crippen MR) is 116 cm³/mol. The van der Waals surface area contributed by atoms with Gasteiger partial charge in [-0.1, -0.05) is 48.0 Å². The lowest BCUT2D eigenvalue weighted by atomic mass is 9.87. The van der Waals surface area contributed by atoms with E-state index in [4.69, 9.17) is 0 Å². The molecule has 1 atom stereocenters.